The largest absolute Gasteiger partial charge is 0.573 e. The maximum Gasteiger partial charge on any atom is 0.573 e. The molecule has 2 atom stereocenters. The first kappa shape index (κ1) is 25.8. The van der Waals surface area contributed by atoms with Crippen molar-refractivity contribution in [3.63, 3.8) is 0 Å². The Morgan fingerprint density at radius 3 is 2.66 bits per heavy atom. The number of halogens is 3. The third-order valence-electron chi connectivity index (χ3n) is 6.43. The van der Waals surface area contributed by atoms with Crippen LogP contribution in [0.4, 0.5) is 29.7 Å². The van der Waals surface area contributed by atoms with E-state index < -0.39 is 30.1 Å². The Morgan fingerprint density at radius 1 is 1.26 bits per heavy atom. The summed E-state index contributed by atoms with van der Waals surface area (Å²) in [5.41, 5.74) is 7.45. The highest BCUT2D eigenvalue weighted by Gasteiger charge is 2.54. The molecule has 1 fully saturated rings. The van der Waals surface area contributed by atoms with Crippen LogP contribution in [0, 0.1) is 0 Å². The molecule has 2 aliphatic heterocycles. The second-order valence-corrected chi connectivity index (χ2v) is 9.79. The fraction of sp³-hybridized carbons (Fsp3) is 0.348. The molecule has 0 saturated carbocycles. The summed E-state index contributed by atoms with van der Waals surface area (Å²) in [6, 6.07) is 7.32. The second kappa shape index (κ2) is 9.49. The number of anilines is 3. The Balaban J connectivity index is 1.58. The molecule has 1 aromatic heterocycles. The highest BCUT2D eigenvalue weighted by Crippen LogP contribution is 2.44. The predicted molar refractivity (Wildman–Crippen MR) is 133 cm³/mol. The summed E-state index contributed by atoms with van der Waals surface area (Å²) in [6.45, 7) is 1.56. The van der Waals surface area contributed by atoms with Crippen LogP contribution in [-0.4, -0.2) is 78.4 Å². The van der Waals surface area contributed by atoms with Crippen LogP contribution in [0.1, 0.15) is 10.4 Å². The zero-order valence-corrected chi connectivity index (χ0v) is 20.7. The van der Waals surface area contributed by atoms with E-state index in [1.165, 1.54) is 24.3 Å². The molecule has 3 aromatic rings. The average Bonchev–Trinajstić information content (AvgIpc) is 3.36. The smallest absolute Gasteiger partial charge is 0.478 e. The minimum absolute atomic E-state index is 0.0413. The molecule has 0 bridgehead atoms. The highest BCUT2D eigenvalue weighted by molar-refractivity contribution is 7.22. The number of carbonyl (C=O) groups excluding carboxylic acids is 1. The van der Waals surface area contributed by atoms with Crippen LogP contribution in [0.15, 0.2) is 36.4 Å². The number of thiazole rings is 1. The van der Waals surface area contributed by atoms with Gasteiger partial charge in [-0.25, -0.2) is 9.78 Å². The molecule has 5 N–H and O–H groups in total. The molecule has 5 rings (SSSR count). The summed E-state index contributed by atoms with van der Waals surface area (Å²) < 4.78 is 48.0. The van der Waals surface area contributed by atoms with Gasteiger partial charge in [0, 0.05) is 26.2 Å². The third-order valence-corrected chi connectivity index (χ3v) is 7.36. The van der Waals surface area contributed by atoms with E-state index in [0.717, 1.165) is 17.4 Å². The lowest BCUT2D eigenvalue weighted by Crippen LogP contribution is -2.72. The van der Waals surface area contributed by atoms with Crippen molar-refractivity contribution in [2.75, 3.05) is 48.9 Å². The Kier molecular flexibility index (Phi) is 6.44. The quantitative estimate of drug-likeness (QED) is 0.346. The van der Waals surface area contributed by atoms with Gasteiger partial charge in [-0.1, -0.05) is 11.3 Å². The van der Waals surface area contributed by atoms with Crippen molar-refractivity contribution in [1.29, 1.82) is 0 Å². The number of alkyl halides is 3. The van der Waals surface area contributed by atoms with Gasteiger partial charge in [0.05, 0.1) is 40.4 Å². The van der Waals surface area contributed by atoms with Crippen LogP contribution in [0.5, 0.6) is 5.75 Å². The summed E-state index contributed by atoms with van der Waals surface area (Å²) in [6.07, 6.45) is -4.84. The number of likely N-dealkylation sites (N-methyl/N-ethyl adjacent to an activating group) is 1. The zero-order chi connectivity index (χ0) is 27.2. The summed E-state index contributed by atoms with van der Waals surface area (Å²) >= 11 is 1.06. The van der Waals surface area contributed by atoms with Gasteiger partial charge < -0.3 is 35.8 Å². The first-order valence-electron chi connectivity index (χ1n) is 11.4. The molecule has 11 nitrogen and oxygen atoms in total. The van der Waals surface area contributed by atoms with Gasteiger partial charge >= 0.3 is 12.3 Å². The van der Waals surface area contributed by atoms with Crippen molar-refractivity contribution >= 4 is 49.9 Å². The number of aromatic nitrogens is 1. The molecule has 3 heterocycles. The summed E-state index contributed by atoms with van der Waals surface area (Å²) in [5.74, 6) is -3.60. The molecule has 0 radical (unpaired) electrons. The van der Waals surface area contributed by atoms with Gasteiger partial charge in [-0.3, -0.25) is 9.69 Å². The van der Waals surface area contributed by atoms with Gasteiger partial charge in [-0.05, 0) is 30.3 Å². The average molecular weight is 553 g/mol. The molecule has 38 heavy (non-hydrogen) atoms. The fourth-order valence-electron chi connectivity index (χ4n) is 4.78. The van der Waals surface area contributed by atoms with E-state index in [0.29, 0.717) is 47.9 Å². The van der Waals surface area contributed by atoms with Gasteiger partial charge in [0.1, 0.15) is 5.75 Å². The number of morpholine rings is 1. The first-order valence-corrected chi connectivity index (χ1v) is 12.2. The molecule has 1 saturated heterocycles. The van der Waals surface area contributed by atoms with Crippen LogP contribution < -0.4 is 26.0 Å². The van der Waals surface area contributed by atoms with Gasteiger partial charge in [0.15, 0.2) is 11.2 Å². The summed E-state index contributed by atoms with van der Waals surface area (Å²) in [4.78, 5) is 32.7. The normalized spacial score (nSPS) is 20.6. The number of primary amides is 1. The molecule has 15 heteroatoms. The summed E-state index contributed by atoms with van der Waals surface area (Å²) in [5, 5.41) is 16.3. The van der Waals surface area contributed by atoms with Crippen LogP contribution in [0.3, 0.4) is 0 Å². The number of hydrogen-bond donors (Lipinski definition) is 4. The molecule has 202 valence electrons. The van der Waals surface area contributed by atoms with E-state index in [9.17, 15) is 27.9 Å². The van der Waals surface area contributed by atoms with Gasteiger partial charge in [-0.2, -0.15) is 0 Å². The van der Waals surface area contributed by atoms with Crippen molar-refractivity contribution in [1.82, 2.24) is 9.88 Å². The van der Waals surface area contributed by atoms with Crippen molar-refractivity contribution in [2.45, 2.75) is 18.2 Å². The molecule has 2 unspecified atom stereocenters. The number of nitrogens with zero attached hydrogens (tertiary/aromatic N) is 3. The highest BCUT2D eigenvalue weighted by atomic mass is 32.1. The number of aromatic carboxylic acids is 1. The van der Waals surface area contributed by atoms with Gasteiger partial charge in [0.2, 0.25) is 11.7 Å². The van der Waals surface area contributed by atoms with Crippen LogP contribution in [0.25, 0.3) is 10.2 Å². The minimum atomic E-state index is -4.84. The number of benzene rings is 2. The third kappa shape index (κ3) is 4.75. The fourth-order valence-corrected chi connectivity index (χ4v) is 5.73. The maximum atomic E-state index is 13.0. The summed E-state index contributed by atoms with van der Waals surface area (Å²) in [7, 11) is 1.71. The standard InChI is InChI=1S/C23H23F3N6O5S/c1-31-16-5-2-12(20(34)35)10-15(16)29-22(31,18(19(27)33)32-6-8-36-9-7-32)30-21-28-14-4-3-13(11-17(14)38-21)37-23(24,25)26/h2-5,10-11,18,29H,6-9H2,1H3,(H2,27,33)(H,28,30)(H,34,35). The lowest BCUT2D eigenvalue weighted by atomic mass is 10.0. The molecule has 1 amide bonds. The van der Waals surface area contributed by atoms with Crippen molar-refractivity contribution in [3.05, 3.63) is 42.0 Å². The van der Waals surface area contributed by atoms with E-state index in [1.807, 2.05) is 4.90 Å². The van der Waals surface area contributed by atoms with Gasteiger partial charge in [0.25, 0.3) is 0 Å². The second-order valence-electron chi connectivity index (χ2n) is 8.76. The topological polar surface area (TPSA) is 142 Å². The van der Waals surface area contributed by atoms with E-state index in [1.54, 1.807) is 18.0 Å². The van der Waals surface area contributed by atoms with Gasteiger partial charge in [-0.15, -0.1) is 13.2 Å². The number of nitrogens with one attached hydrogen (secondary N) is 2. The van der Waals surface area contributed by atoms with E-state index in [2.05, 4.69) is 20.4 Å². The number of ether oxygens (including phenoxy) is 2. The molecule has 0 spiro atoms. The Morgan fingerprint density at radius 2 is 2.00 bits per heavy atom. The molecule has 2 aromatic carbocycles. The minimum Gasteiger partial charge on any atom is -0.478 e. The first-order chi connectivity index (χ1) is 18.0. The number of nitrogens with two attached hydrogens (primary N) is 1. The Bertz CT molecular complexity index is 1400. The lowest BCUT2D eigenvalue weighted by molar-refractivity contribution is -0.274. The van der Waals surface area contributed by atoms with Crippen molar-refractivity contribution in [2.24, 2.45) is 5.73 Å². The number of hydrogen-bond acceptors (Lipinski definition) is 10. The van der Waals surface area contributed by atoms with Crippen LogP contribution in [-0.2, 0) is 9.53 Å². The molecule has 2 aliphatic rings. The number of carbonyl (C=O) groups is 2. The number of carboxylic acids is 1. The van der Waals surface area contributed by atoms with E-state index in [-0.39, 0.29) is 16.4 Å². The zero-order valence-electron chi connectivity index (χ0n) is 19.9. The SMILES string of the molecule is CN1c2ccc(C(=O)O)cc2NC1(Nc1nc2ccc(OC(F)(F)F)cc2s1)C(C(N)=O)N1CCOCC1. The Hall–Kier alpha value is -3.82. The molecular weight excluding hydrogens is 529 g/mol. The van der Waals surface area contributed by atoms with Crippen LogP contribution >= 0.6 is 11.3 Å². The van der Waals surface area contributed by atoms with Crippen LogP contribution in [0.2, 0.25) is 0 Å². The number of carboxylic acid groups (broad SMARTS) is 1. The maximum absolute atomic E-state index is 13.0. The molecule has 0 aliphatic carbocycles. The van der Waals surface area contributed by atoms with Crippen molar-refractivity contribution < 1.29 is 37.3 Å². The Labute approximate surface area is 217 Å². The predicted octanol–water partition coefficient (Wildman–Crippen LogP) is 2.71. The number of rotatable bonds is 7. The van der Waals surface area contributed by atoms with E-state index >= 15 is 0 Å². The van der Waals surface area contributed by atoms with E-state index in [4.69, 9.17) is 10.5 Å². The molecular formula is C23H23F3N6O5S. The van der Waals surface area contributed by atoms with Crippen molar-refractivity contribution in [3.8, 4) is 5.75 Å². The lowest BCUT2D eigenvalue weighted by Gasteiger charge is -2.47. The number of amides is 1. The monoisotopic (exact) mass is 552 g/mol. The number of fused-ring (bicyclic) bond motifs is 2.